The van der Waals surface area contributed by atoms with Crippen LogP contribution in [-0.4, -0.2) is 70.0 Å². The minimum Gasteiger partial charge on any atom is -0.494 e. The summed E-state index contributed by atoms with van der Waals surface area (Å²) in [5.41, 5.74) is 6.99. The summed E-state index contributed by atoms with van der Waals surface area (Å²) in [5, 5.41) is 12.6. The molecule has 3 N–H and O–H groups in total. The first-order valence-electron chi connectivity index (χ1n) is 15.0. The van der Waals surface area contributed by atoms with Crippen molar-refractivity contribution < 1.29 is 33.7 Å². The van der Waals surface area contributed by atoms with Gasteiger partial charge in [-0.2, -0.15) is 4.99 Å². The Balaban J connectivity index is 1.54. The fourth-order valence-corrected chi connectivity index (χ4v) is 4.86. The minimum atomic E-state index is -1.07. The van der Waals surface area contributed by atoms with Crippen molar-refractivity contribution in [2.75, 3.05) is 20.2 Å². The molecule has 11 heteroatoms. The SMILES string of the molecule is CN(CCCOc1ccc2c(Cn3c(C(=O)O)cc4ccc(/C(N)=N/C(=O)OC(C)(C)C)cc43)cccc2c1)C(=O)OC(C)(C)C. The van der Waals surface area contributed by atoms with E-state index in [0.717, 1.165) is 16.3 Å². The van der Waals surface area contributed by atoms with Gasteiger partial charge in [0.1, 0.15) is 28.5 Å². The third-order valence-corrected chi connectivity index (χ3v) is 6.91. The highest BCUT2D eigenvalue weighted by Gasteiger charge is 2.20. The van der Waals surface area contributed by atoms with Gasteiger partial charge in [-0.1, -0.05) is 36.4 Å². The summed E-state index contributed by atoms with van der Waals surface area (Å²) in [5.74, 6) is -0.414. The number of nitrogens with two attached hydrogens (primary N) is 1. The number of carbonyl (C=O) groups excluding carboxylic acids is 2. The number of amidine groups is 1. The van der Waals surface area contributed by atoms with Crippen LogP contribution in [0.1, 0.15) is 69.6 Å². The Morgan fingerprint density at radius 2 is 1.63 bits per heavy atom. The van der Waals surface area contributed by atoms with Crippen LogP contribution in [0.3, 0.4) is 0 Å². The molecular weight excluding hydrogens is 588 g/mol. The van der Waals surface area contributed by atoms with Gasteiger partial charge in [-0.05, 0) is 88.6 Å². The lowest BCUT2D eigenvalue weighted by atomic mass is 10.0. The van der Waals surface area contributed by atoms with Crippen molar-refractivity contribution in [1.82, 2.24) is 9.47 Å². The number of aromatic carboxylic acids is 1. The third kappa shape index (κ3) is 8.77. The first kappa shape index (κ1) is 33.8. The van der Waals surface area contributed by atoms with E-state index in [4.69, 9.17) is 19.9 Å². The molecule has 2 amide bonds. The van der Waals surface area contributed by atoms with Crippen molar-refractivity contribution in [3.05, 3.63) is 77.5 Å². The van der Waals surface area contributed by atoms with Gasteiger partial charge in [-0.3, -0.25) is 0 Å². The quantitative estimate of drug-likeness (QED) is 0.116. The number of aliphatic imine (C=N–C) groups is 1. The van der Waals surface area contributed by atoms with Crippen molar-refractivity contribution in [3.8, 4) is 5.75 Å². The normalized spacial score (nSPS) is 12.3. The zero-order valence-corrected chi connectivity index (χ0v) is 27.4. The highest BCUT2D eigenvalue weighted by atomic mass is 16.6. The molecule has 46 heavy (non-hydrogen) atoms. The summed E-state index contributed by atoms with van der Waals surface area (Å²) >= 11 is 0. The highest BCUT2D eigenvalue weighted by Crippen LogP contribution is 2.28. The standard InChI is InChI=1S/C35H42N4O7/c1-34(2,3)45-32(42)37-30(36)24-13-12-23-19-29(31(40)41)39(28(23)20-24)21-25-11-8-10-22-18-26(14-15-27(22)25)44-17-9-16-38(7)33(43)46-35(4,5)6/h8,10-15,18-20H,9,16-17,21H2,1-7H3,(H,40,41)(H2,36,37,42). The summed E-state index contributed by atoms with van der Waals surface area (Å²) in [6.45, 7) is 11.9. The molecule has 0 aliphatic rings. The number of benzene rings is 3. The van der Waals surface area contributed by atoms with Crippen LogP contribution in [0.25, 0.3) is 21.7 Å². The minimum absolute atomic E-state index is 0.0325. The van der Waals surface area contributed by atoms with Gasteiger partial charge in [0.05, 0.1) is 6.61 Å². The molecule has 0 fully saturated rings. The van der Waals surface area contributed by atoms with Gasteiger partial charge < -0.3 is 34.5 Å². The number of carboxylic acids is 1. The van der Waals surface area contributed by atoms with Crippen molar-refractivity contribution in [3.63, 3.8) is 0 Å². The number of hydrogen-bond acceptors (Lipinski definition) is 6. The van der Waals surface area contributed by atoms with Crippen LogP contribution in [0.4, 0.5) is 9.59 Å². The van der Waals surface area contributed by atoms with Gasteiger partial charge >= 0.3 is 18.2 Å². The van der Waals surface area contributed by atoms with Gasteiger partial charge in [-0.15, -0.1) is 0 Å². The first-order valence-corrected chi connectivity index (χ1v) is 15.0. The second-order valence-electron chi connectivity index (χ2n) is 13.1. The van der Waals surface area contributed by atoms with E-state index in [1.54, 1.807) is 56.7 Å². The largest absolute Gasteiger partial charge is 0.494 e. The van der Waals surface area contributed by atoms with Gasteiger partial charge in [0, 0.05) is 36.6 Å². The Morgan fingerprint density at radius 3 is 2.30 bits per heavy atom. The molecule has 0 unspecified atom stereocenters. The summed E-state index contributed by atoms with van der Waals surface area (Å²) in [6, 6.07) is 18.4. The maximum absolute atomic E-state index is 12.3. The zero-order chi connectivity index (χ0) is 33.8. The van der Waals surface area contributed by atoms with E-state index in [2.05, 4.69) is 4.99 Å². The molecule has 0 saturated heterocycles. The lowest BCUT2D eigenvalue weighted by molar-refractivity contribution is 0.0291. The van der Waals surface area contributed by atoms with Crippen LogP contribution in [0.2, 0.25) is 0 Å². The third-order valence-electron chi connectivity index (χ3n) is 6.91. The molecule has 0 spiro atoms. The molecule has 0 atom stereocenters. The molecule has 0 aliphatic heterocycles. The van der Waals surface area contributed by atoms with Crippen LogP contribution >= 0.6 is 0 Å². The predicted molar refractivity (Wildman–Crippen MR) is 178 cm³/mol. The van der Waals surface area contributed by atoms with Crippen LogP contribution in [-0.2, 0) is 16.0 Å². The Morgan fingerprint density at radius 1 is 0.913 bits per heavy atom. The van der Waals surface area contributed by atoms with Crippen LogP contribution in [0.5, 0.6) is 5.75 Å². The molecule has 0 aliphatic carbocycles. The molecule has 1 heterocycles. The molecule has 4 rings (SSSR count). The molecule has 1 aromatic heterocycles. The summed E-state index contributed by atoms with van der Waals surface area (Å²) in [6.07, 6.45) is -0.554. The fraction of sp³-hybridized carbons (Fsp3) is 0.371. The zero-order valence-electron chi connectivity index (χ0n) is 27.4. The van der Waals surface area contributed by atoms with Crippen molar-refractivity contribution in [1.29, 1.82) is 0 Å². The van der Waals surface area contributed by atoms with Crippen LogP contribution in [0, 0.1) is 0 Å². The molecule has 244 valence electrons. The number of nitrogens with zero attached hydrogens (tertiary/aromatic N) is 3. The Labute approximate surface area is 268 Å². The van der Waals surface area contributed by atoms with E-state index in [1.165, 1.54) is 4.90 Å². The van der Waals surface area contributed by atoms with Crippen LogP contribution in [0.15, 0.2) is 65.7 Å². The monoisotopic (exact) mass is 630 g/mol. The average molecular weight is 631 g/mol. The second-order valence-corrected chi connectivity index (χ2v) is 13.1. The lowest BCUT2D eigenvalue weighted by Gasteiger charge is -2.24. The van der Waals surface area contributed by atoms with E-state index >= 15 is 0 Å². The molecule has 11 nitrogen and oxygen atoms in total. The van der Waals surface area contributed by atoms with Crippen molar-refractivity contribution >= 4 is 45.7 Å². The van der Waals surface area contributed by atoms with Gasteiger partial charge in [0.15, 0.2) is 0 Å². The van der Waals surface area contributed by atoms with Gasteiger partial charge in [0.2, 0.25) is 0 Å². The second kappa shape index (κ2) is 13.5. The van der Waals surface area contributed by atoms with E-state index in [1.807, 2.05) is 57.2 Å². The number of amides is 2. The van der Waals surface area contributed by atoms with Crippen molar-refractivity contribution in [2.45, 2.75) is 65.7 Å². The molecule has 4 aromatic rings. The molecular formula is C35H42N4O7. The van der Waals surface area contributed by atoms with E-state index < -0.39 is 23.3 Å². The highest BCUT2D eigenvalue weighted by molar-refractivity contribution is 6.05. The summed E-state index contributed by atoms with van der Waals surface area (Å²) < 4.78 is 18.3. The number of carbonyl (C=O) groups is 3. The Kier molecular flexibility index (Phi) is 9.94. The number of ether oxygens (including phenoxy) is 3. The summed E-state index contributed by atoms with van der Waals surface area (Å²) in [7, 11) is 1.70. The van der Waals surface area contributed by atoms with Gasteiger partial charge in [-0.25, -0.2) is 14.4 Å². The topological polar surface area (TPSA) is 146 Å². The number of carboxylic acid groups (broad SMARTS) is 1. The molecule has 0 bridgehead atoms. The number of rotatable bonds is 9. The number of hydrogen-bond donors (Lipinski definition) is 2. The lowest BCUT2D eigenvalue weighted by Crippen LogP contribution is -2.35. The van der Waals surface area contributed by atoms with E-state index in [-0.39, 0.29) is 24.2 Å². The number of aromatic nitrogens is 1. The van der Waals surface area contributed by atoms with E-state index in [0.29, 0.717) is 41.8 Å². The number of fused-ring (bicyclic) bond motifs is 2. The maximum atomic E-state index is 12.3. The Hall–Kier alpha value is -5.06. The smallest absolute Gasteiger partial charge is 0.436 e. The summed E-state index contributed by atoms with van der Waals surface area (Å²) in [4.78, 5) is 42.1. The van der Waals surface area contributed by atoms with Crippen molar-refractivity contribution in [2.24, 2.45) is 10.7 Å². The fourth-order valence-electron chi connectivity index (χ4n) is 4.86. The molecule has 0 saturated carbocycles. The Bertz CT molecular complexity index is 1790. The maximum Gasteiger partial charge on any atom is 0.436 e. The van der Waals surface area contributed by atoms with Gasteiger partial charge in [0.25, 0.3) is 0 Å². The first-order chi connectivity index (χ1) is 21.5. The average Bonchev–Trinajstić information content (AvgIpc) is 3.31. The molecule has 0 radical (unpaired) electrons. The predicted octanol–water partition coefficient (Wildman–Crippen LogP) is 6.82. The molecule has 3 aromatic carbocycles. The van der Waals surface area contributed by atoms with E-state index in [9.17, 15) is 19.5 Å². The van der Waals surface area contributed by atoms with Crippen LogP contribution < -0.4 is 10.5 Å².